The number of carbonyl (C=O) groups is 1. The van der Waals surface area contributed by atoms with Gasteiger partial charge in [-0.2, -0.15) is 4.98 Å². The van der Waals surface area contributed by atoms with Crippen molar-refractivity contribution in [2.24, 2.45) is 0 Å². The van der Waals surface area contributed by atoms with Gasteiger partial charge < -0.3 is 9.84 Å². The van der Waals surface area contributed by atoms with E-state index in [1.165, 1.54) is 6.07 Å². The normalized spacial score (nSPS) is 14.5. The number of carbonyl (C=O) groups excluding carboxylic acids is 1. The van der Waals surface area contributed by atoms with Gasteiger partial charge in [-0.15, -0.1) is 11.3 Å². The predicted molar refractivity (Wildman–Crippen MR) is 114 cm³/mol. The standard InChI is InChI=1S/C20H22N4O4S2/c1-12-6-13(2)8-16(7-12)22-17(25)10-21-30(26,27)18-9-15(11-29-18)19-23-20(28-24-19)14-4-3-5-14/h6-9,11,14,21H,3-5,10H2,1-2H3,(H,22,25). The zero-order chi connectivity index (χ0) is 21.3. The van der Waals surface area contributed by atoms with E-state index in [0.29, 0.717) is 28.9 Å². The maximum atomic E-state index is 12.6. The fourth-order valence-corrected chi connectivity index (χ4v) is 5.42. The van der Waals surface area contributed by atoms with Crippen molar-refractivity contribution in [2.75, 3.05) is 11.9 Å². The van der Waals surface area contributed by atoms with Crippen LogP contribution in [-0.4, -0.2) is 31.0 Å². The molecule has 2 aromatic heterocycles. The second-order valence-electron chi connectivity index (χ2n) is 7.49. The Kier molecular flexibility index (Phi) is 5.72. The molecule has 1 fully saturated rings. The fourth-order valence-electron chi connectivity index (χ4n) is 3.23. The molecule has 10 heteroatoms. The van der Waals surface area contributed by atoms with Crippen LogP contribution in [0.25, 0.3) is 11.4 Å². The molecule has 0 saturated heterocycles. The molecule has 1 saturated carbocycles. The third kappa shape index (κ3) is 4.61. The second-order valence-corrected chi connectivity index (χ2v) is 10.4. The molecular weight excluding hydrogens is 424 g/mol. The van der Waals surface area contributed by atoms with Gasteiger partial charge in [0.05, 0.1) is 6.54 Å². The number of amides is 1. The molecule has 1 amide bonds. The molecule has 1 aliphatic carbocycles. The molecule has 4 rings (SSSR count). The Morgan fingerprint density at radius 2 is 1.93 bits per heavy atom. The SMILES string of the molecule is Cc1cc(C)cc(NC(=O)CNS(=O)(=O)c2cc(-c3noc(C4CCC4)n3)cs2)c1. The van der Waals surface area contributed by atoms with Crippen molar-refractivity contribution < 1.29 is 17.7 Å². The summed E-state index contributed by atoms with van der Waals surface area (Å²) in [4.78, 5) is 16.6. The maximum absolute atomic E-state index is 12.6. The Balaban J connectivity index is 1.39. The van der Waals surface area contributed by atoms with E-state index in [1.807, 2.05) is 32.0 Å². The van der Waals surface area contributed by atoms with Gasteiger partial charge in [-0.3, -0.25) is 4.79 Å². The summed E-state index contributed by atoms with van der Waals surface area (Å²) in [5.41, 5.74) is 3.24. The summed E-state index contributed by atoms with van der Waals surface area (Å²) >= 11 is 1.04. The van der Waals surface area contributed by atoms with E-state index in [0.717, 1.165) is 41.7 Å². The highest BCUT2D eigenvalue weighted by Crippen LogP contribution is 2.36. The van der Waals surface area contributed by atoms with Gasteiger partial charge in [0.2, 0.25) is 17.6 Å². The van der Waals surface area contributed by atoms with Crippen LogP contribution in [0.3, 0.4) is 0 Å². The van der Waals surface area contributed by atoms with Crippen LogP contribution in [0.5, 0.6) is 0 Å². The van der Waals surface area contributed by atoms with E-state index in [1.54, 1.807) is 5.38 Å². The van der Waals surface area contributed by atoms with Crippen molar-refractivity contribution in [3.63, 3.8) is 0 Å². The molecule has 2 heterocycles. The average molecular weight is 447 g/mol. The number of thiophene rings is 1. The third-order valence-electron chi connectivity index (χ3n) is 4.92. The van der Waals surface area contributed by atoms with Crippen LogP contribution >= 0.6 is 11.3 Å². The Morgan fingerprint density at radius 3 is 2.60 bits per heavy atom. The molecule has 0 atom stereocenters. The molecule has 0 aliphatic heterocycles. The molecule has 0 unspecified atom stereocenters. The number of aromatic nitrogens is 2. The van der Waals surface area contributed by atoms with Crippen molar-refractivity contribution in [2.45, 2.75) is 43.2 Å². The molecule has 1 aromatic carbocycles. The van der Waals surface area contributed by atoms with Crippen molar-refractivity contribution in [3.05, 3.63) is 46.7 Å². The number of benzene rings is 1. The summed E-state index contributed by atoms with van der Waals surface area (Å²) in [7, 11) is -3.83. The number of nitrogens with one attached hydrogen (secondary N) is 2. The second kappa shape index (κ2) is 8.29. The Labute approximate surface area is 178 Å². The summed E-state index contributed by atoms with van der Waals surface area (Å²) in [6.07, 6.45) is 3.24. The van der Waals surface area contributed by atoms with Crippen LogP contribution in [0.4, 0.5) is 5.69 Å². The number of sulfonamides is 1. The van der Waals surface area contributed by atoms with Gasteiger partial charge >= 0.3 is 0 Å². The highest BCUT2D eigenvalue weighted by molar-refractivity contribution is 7.91. The van der Waals surface area contributed by atoms with E-state index in [-0.39, 0.29) is 10.8 Å². The van der Waals surface area contributed by atoms with Gasteiger partial charge in [-0.05, 0) is 56.0 Å². The van der Waals surface area contributed by atoms with Crippen molar-refractivity contribution in [1.29, 1.82) is 0 Å². The maximum Gasteiger partial charge on any atom is 0.250 e. The largest absolute Gasteiger partial charge is 0.339 e. The summed E-state index contributed by atoms with van der Waals surface area (Å²) in [5.74, 6) is 0.851. The number of hydrogen-bond donors (Lipinski definition) is 2. The van der Waals surface area contributed by atoms with E-state index >= 15 is 0 Å². The first-order chi connectivity index (χ1) is 14.3. The summed E-state index contributed by atoms with van der Waals surface area (Å²) < 4.78 is 32.9. The minimum Gasteiger partial charge on any atom is -0.339 e. The van der Waals surface area contributed by atoms with E-state index in [4.69, 9.17) is 4.52 Å². The smallest absolute Gasteiger partial charge is 0.250 e. The third-order valence-corrected chi connectivity index (χ3v) is 7.76. The molecule has 2 N–H and O–H groups in total. The monoisotopic (exact) mass is 446 g/mol. The number of aryl methyl sites for hydroxylation is 2. The minimum atomic E-state index is -3.83. The molecule has 3 aromatic rings. The van der Waals surface area contributed by atoms with Crippen LogP contribution in [-0.2, 0) is 14.8 Å². The average Bonchev–Trinajstić information content (AvgIpc) is 3.27. The van der Waals surface area contributed by atoms with Gasteiger partial charge in [-0.1, -0.05) is 17.6 Å². The lowest BCUT2D eigenvalue weighted by Gasteiger charge is -2.20. The van der Waals surface area contributed by atoms with E-state index < -0.39 is 15.9 Å². The topological polar surface area (TPSA) is 114 Å². The van der Waals surface area contributed by atoms with Crippen molar-refractivity contribution >= 4 is 33.0 Å². The van der Waals surface area contributed by atoms with Crippen molar-refractivity contribution in [3.8, 4) is 11.4 Å². The zero-order valence-electron chi connectivity index (χ0n) is 16.6. The van der Waals surface area contributed by atoms with Gasteiger partial charge in [-0.25, -0.2) is 13.1 Å². The molecule has 30 heavy (non-hydrogen) atoms. The number of hydrogen-bond acceptors (Lipinski definition) is 7. The summed E-state index contributed by atoms with van der Waals surface area (Å²) in [6, 6.07) is 7.14. The van der Waals surface area contributed by atoms with Gasteiger partial charge in [0, 0.05) is 22.5 Å². The van der Waals surface area contributed by atoms with Gasteiger partial charge in [0.15, 0.2) is 0 Å². The first-order valence-corrected chi connectivity index (χ1v) is 12.0. The van der Waals surface area contributed by atoms with Crippen molar-refractivity contribution in [1.82, 2.24) is 14.9 Å². The quantitative estimate of drug-likeness (QED) is 0.573. The molecule has 0 radical (unpaired) electrons. The van der Waals surface area contributed by atoms with Gasteiger partial charge in [0.1, 0.15) is 4.21 Å². The van der Waals surface area contributed by atoms with Crippen LogP contribution in [0, 0.1) is 13.8 Å². The number of anilines is 1. The van der Waals surface area contributed by atoms with Crippen LogP contribution in [0.2, 0.25) is 0 Å². The summed E-state index contributed by atoms with van der Waals surface area (Å²) in [6.45, 7) is 3.49. The minimum absolute atomic E-state index is 0.0895. The predicted octanol–water partition coefficient (Wildman–Crippen LogP) is 3.60. The Morgan fingerprint density at radius 1 is 1.20 bits per heavy atom. The summed E-state index contributed by atoms with van der Waals surface area (Å²) in [5, 5.41) is 8.34. The highest BCUT2D eigenvalue weighted by Gasteiger charge is 2.26. The lowest BCUT2D eigenvalue weighted by atomic mass is 9.85. The molecule has 1 aliphatic rings. The fraction of sp³-hybridized carbons (Fsp3) is 0.350. The lowest BCUT2D eigenvalue weighted by Crippen LogP contribution is -2.32. The van der Waals surface area contributed by atoms with Crippen LogP contribution in [0.15, 0.2) is 38.4 Å². The zero-order valence-corrected chi connectivity index (χ0v) is 18.3. The van der Waals surface area contributed by atoms with E-state index in [2.05, 4.69) is 20.2 Å². The van der Waals surface area contributed by atoms with Crippen LogP contribution in [0.1, 0.15) is 42.2 Å². The molecule has 158 valence electrons. The van der Waals surface area contributed by atoms with E-state index in [9.17, 15) is 13.2 Å². The molecular formula is C20H22N4O4S2. The number of rotatable bonds is 7. The first-order valence-electron chi connectivity index (χ1n) is 9.60. The van der Waals surface area contributed by atoms with Gasteiger partial charge in [0.25, 0.3) is 10.0 Å². The first kappa shape index (κ1) is 20.7. The highest BCUT2D eigenvalue weighted by atomic mass is 32.2. The van der Waals surface area contributed by atoms with Crippen LogP contribution < -0.4 is 10.0 Å². The molecule has 0 bridgehead atoms. The Hall–Kier alpha value is -2.56. The Bertz CT molecular complexity index is 1160. The number of nitrogens with zero attached hydrogens (tertiary/aromatic N) is 2. The molecule has 8 nitrogen and oxygen atoms in total. The lowest BCUT2D eigenvalue weighted by molar-refractivity contribution is -0.115. The molecule has 0 spiro atoms.